The van der Waals surface area contributed by atoms with Gasteiger partial charge in [-0.05, 0) is 49.2 Å². The van der Waals surface area contributed by atoms with Gasteiger partial charge < -0.3 is 14.1 Å². The Balaban J connectivity index is 1.77. The third-order valence-corrected chi connectivity index (χ3v) is 4.12. The minimum Gasteiger partial charge on any atom is -0.467 e. The van der Waals surface area contributed by atoms with Crippen LogP contribution in [0.15, 0.2) is 47.1 Å². The molecule has 1 amide bonds. The fourth-order valence-corrected chi connectivity index (χ4v) is 2.83. The highest BCUT2D eigenvalue weighted by Gasteiger charge is 2.31. The van der Waals surface area contributed by atoms with E-state index < -0.39 is 11.7 Å². The summed E-state index contributed by atoms with van der Waals surface area (Å²) in [5.74, 6) is 0.263. The van der Waals surface area contributed by atoms with E-state index in [9.17, 15) is 18.0 Å². The van der Waals surface area contributed by atoms with E-state index in [1.807, 2.05) is 0 Å². The van der Waals surface area contributed by atoms with E-state index in [1.54, 1.807) is 17.0 Å². The third-order valence-electron chi connectivity index (χ3n) is 4.12. The van der Waals surface area contributed by atoms with Crippen molar-refractivity contribution in [2.75, 3.05) is 13.2 Å². The second kappa shape index (κ2) is 7.31. The average molecular weight is 353 g/mol. The van der Waals surface area contributed by atoms with Crippen LogP contribution in [0.5, 0.6) is 0 Å². The van der Waals surface area contributed by atoms with Crippen molar-refractivity contribution in [1.29, 1.82) is 0 Å². The molecule has 0 radical (unpaired) electrons. The van der Waals surface area contributed by atoms with Gasteiger partial charge in [0.2, 0.25) is 0 Å². The van der Waals surface area contributed by atoms with Crippen LogP contribution in [-0.4, -0.2) is 30.1 Å². The molecule has 0 N–H and O–H groups in total. The zero-order valence-corrected chi connectivity index (χ0v) is 13.5. The SMILES string of the molecule is O=C(c1ccc(C(F)(F)F)cc1)N(Cc1ccco1)C[C@@H]1CCCO1. The van der Waals surface area contributed by atoms with Crippen molar-refractivity contribution in [2.24, 2.45) is 0 Å². The summed E-state index contributed by atoms with van der Waals surface area (Å²) in [7, 11) is 0. The molecule has 7 heteroatoms. The number of benzene rings is 1. The van der Waals surface area contributed by atoms with E-state index in [0.29, 0.717) is 18.9 Å². The Kier molecular flexibility index (Phi) is 5.13. The summed E-state index contributed by atoms with van der Waals surface area (Å²) in [4.78, 5) is 14.3. The van der Waals surface area contributed by atoms with Crippen LogP contribution in [0.2, 0.25) is 0 Å². The number of alkyl halides is 3. The second-order valence-corrected chi connectivity index (χ2v) is 5.98. The third kappa shape index (κ3) is 4.42. The van der Waals surface area contributed by atoms with Gasteiger partial charge in [-0.25, -0.2) is 0 Å². The van der Waals surface area contributed by atoms with E-state index in [0.717, 1.165) is 25.0 Å². The van der Waals surface area contributed by atoms with Gasteiger partial charge in [-0.1, -0.05) is 0 Å². The van der Waals surface area contributed by atoms with E-state index in [2.05, 4.69) is 0 Å². The van der Waals surface area contributed by atoms with Crippen LogP contribution in [0.3, 0.4) is 0 Å². The molecule has 1 aromatic carbocycles. The maximum absolute atomic E-state index is 12.8. The molecule has 1 fully saturated rings. The Bertz CT molecular complexity index is 689. The van der Waals surface area contributed by atoms with Crippen molar-refractivity contribution >= 4 is 5.91 Å². The molecule has 0 bridgehead atoms. The molecule has 1 atom stereocenters. The first-order valence-electron chi connectivity index (χ1n) is 8.04. The Morgan fingerprint density at radius 2 is 1.96 bits per heavy atom. The van der Waals surface area contributed by atoms with E-state index >= 15 is 0 Å². The number of amides is 1. The number of furan rings is 1. The molecule has 25 heavy (non-hydrogen) atoms. The molecule has 2 heterocycles. The molecule has 1 aliphatic heterocycles. The lowest BCUT2D eigenvalue weighted by atomic mass is 10.1. The Labute approximate surface area is 143 Å². The highest BCUT2D eigenvalue weighted by atomic mass is 19.4. The van der Waals surface area contributed by atoms with Crippen molar-refractivity contribution < 1.29 is 27.1 Å². The number of nitrogens with zero attached hydrogens (tertiary/aromatic N) is 1. The Morgan fingerprint density at radius 1 is 1.20 bits per heavy atom. The molecule has 0 aliphatic carbocycles. The van der Waals surface area contributed by atoms with Gasteiger partial charge in [0.05, 0.1) is 24.5 Å². The van der Waals surface area contributed by atoms with E-state index in [4.69, 9.17) is 9.15 Å². The summed E-state index contributed by atoms with van der Waals surface area (Å²) in [6, 6.07) is 7.73. The number of carbonyl (C=O) groups excluding carboxylic acids is 1. The molecule has 134 valence electrons. The van der Waals surface area contributed by atoms with Gasteiger partial charge >= 0.3 is 6.18 Å². The van der Waals surface area contributed by atoms with E-state index in [1.165, 1.54) is 18.4 Å². The number of rotatable bonds is 5. The van der Waals surface area contributed by atoms with Crippen LogP contribution in [0.1, 0.15) is 34.5 Å². The number of carbonyl (C=O) groups is 1. The normalized spacial score (nSPS) is 17.6. The first-order valence-corrected chi connectivity index (χ1v) is 8.04. The van der Waals surface area contributed by atoms with Gasteiger partial charge in [0.15, 0.2) is 0 Å². The van der Waals surface area contributed by atoms with Gasteiger partial charge in [0.25, 0.3) is 5.91 Å². The van der Waals surface area contributed by atoms with Gasteiger partial charge in [-0.15, -0.1) is 0 Å². The fraction of sp³-hybridized carbons (Fsp3) is 0.389. The minimum absolute atomic E-state index is 0.0617. The monoisotopic (exact) mass is 353 g/mol. The Morgan fingerprint density at radius 3 is 2.52 bits per heavy atom. The van der Waals surface area contributed by atoms with Gasteiger partial charge in [-0.2, -0.15) is 13.2 Å². The fourth-order valence-electron chi connectivity index (χ4n) is 2.83. The second-order valence-electron chi connectivity index (χ2n) is 5.98. The summed E-state index contributed by atoms with van der Waals surface area (Å²) in [6.45, 7) is 1.28. The maximum Gasteiger partial charge on any atom is 0.416 e. The van der Waals surface area contributed by atoms with Gasteiger partial charge in [0.1, 0.15) is 5.76 Å². The Hall–Kier alpha value is -2.28. The first kappa shape index (κ1) is 17.5. The molecular formula is C18H18F3NO3. The predicted molar refractivity (Wildman–Crippen MR) is 83.9 cm³/mol. The van der Waals surface area contributed by atoms with Crippen LogP contribution in [0.25, 0.3) is 0 Å². The quantitative estimate of drug-likeness (QED) is 0.812. The van der Waals surface area contributed by atoms with Crippen molar-refractivity contribution in [3.63, 3.8) is 0 Å². The number of hydrogen-bond donors (Lipinski definition) is 0. The van der Waals surface area contributed by atoms with Crippen LogP contribution >= 0.6 is 0 Å². The number of ether oxygens (including phenoxy) is 1. The van der Waals surface area contributed by atoms with Gasteiger partial charge in [0, 0.05) is 18.7 Å². The molecular weight excluding hydrogens is 335 g/mol. The first-order chi connectivity index (χ1) is 11.9. The lowest BCUT2D eigenvalue weighted by Crippen LogP contribution is -2.36. The molecule has 1 aromatic heterocycles. The van der Waals surface area contributed by atoms with Crippen molar-refractivity contribution in [1.82, 2.24) is 4.90 Å². The lowest BCUT2D eigenvalue weighted by molar-refractivity contribution is -0.137. The zero-order chi connectivity index (χ0) is 17.9. The smallest absolute Gasteiger partial charge is 0.416 e. The zero-order valence-electron chi connectivity index (χ0n) is 13.5. The van der Waals surface area contributed by atoms with E-state index in [-0.39, 0.29) is 24.1 Å². The molecule has 1 aliphatic rings. The maximum atomic E-state index is 12.8. The highest BCUT2D eigenvalue weighted by Crippen LogP contribution is 2.29. The summed E-state index contributed by atoms with van der Waals surface area (Å²) in [6.07, 6.45) is -1.17. The van der Waals surface area contributed by atoms with Crippen LogP contribution in [0.4, 0.5) is 13.2 Å². The highest BCUT2D eigenvalue weighted by molar-refractivity contribution is 5.94. The molecule has 0 saturated carbocycles. The molecule has 3 rings (SSSR count). The van der Waals surface area contributed by atoms with Crippen molar-refractivity contribution in [2.45, 2.75) is 31.7 Å². The topological polar surface area (TPSA) is 42.7 Å². The largest absolute Gasteiger partial charge is 0.467 e. The lowest BCUT2D eigenvalue weighted by Gasteiger charge is -2.25. The minimum atomic E-state index is -4.42. The number of hydrogen-bond acceptors (Lipinski definition) is 3. The molecule has 0 unspecified atom stereocenters. The van der Waals surface area contributed by atoms with Crippen molar-refractivity contribution in [3.05, 3.63) is 59.5 Å². The summed E-state index contributed by atoms with van der Waals surface area (Å²) >= 11 is 0. The number of halogens is 3. The molecule has 1 saturated heterocycles. The summed E-state index contributed by atoms with van der Waals surface area (Å²) in [5, 5.41) is 0. The van der Waals surface area contributed by atoms with Crippen molar-refractivity contribution in [3.8, 4) is 0 Å². The predicted octanol–water partition coefficient (Wildman–Crippen LogP) is 4.12. The van der Waals surface area contributed by atoms with Crippen LogP contribution in [0, 0.1) is 0 Å². The molecule has 4 nitrogen and oxygen atoms in total. The van der Waals surface area contributed by atoms with Crippen LogP contribution < -0.4 is 0 Å². The summed E-state index contributed by atoms with van der Waals surface area (Å²) < 4.78 is 48.9. The molecule has 0 spiro atoms. The van der Waals surface area contributed by atoms with Gasteiger partial charge in [-0.3, -0.25) is 4.79 Å². The standard InChI is InChI=1S/C18H18F3NO3/c19-18(20,21)14-7-5-13(6-8-14)17(23)22(11-15-3-1-9-24-15)12-16-4-2-10-25-16/h1,3,5-9,16H,2,4,10-12H2/t16-/m0/s1. The van der Waals surface area contributed by atoms with Crippen LogP contribution in [-0.2, 0) is 17.5 Å². The average Bonchev–Trinajstić information content (AvgIpc) is 3.27. The summed E-state index contributed by atoms with van der Waals surface area (Å²) in [5.41, 5.74) is -0.571. The molecule has 2 aromatic rings.